The molecule has 0 radical (unpaired) electrons. The molecule has 102 valence electrons. The molecule has 6 heteroatoms. The van der Waals surface area contributed by atoms with Gasteiger partial charge < -0.3 is 5.11 Å². The molecule has 1 unspecified atom stereocenters. The van der Waals surface area contributed by atoms with Crippen LogP contribution in [0.5, 0.6) is 0 Å². The maximum Gasteiger partial charge on any atom is 0.321 e. The van der Waals surface area contributed by atoms with Crippen LogP contribution in [0.2, 0.25) is 0 Å². The van der Waals surface area contributed by atoms with Gasteiger partial charge in [0.2, 0.25) is 10.0 Å². The fourth-order valence-electron chi connectivity index (χ4n) is 1.55. The Morgan fingerprint density at radius 1 is 1.24 bits per heavy atom. The third kappa shape index (κ3) is 6.02. The van der Waals surface area contributed by atoms with Gasteiger partial charge in [0.15, 0.2) is 0 Å². The second kappa shape index (κ2) is 6.96. The third-order valence-electron chi connectivity index (χ3n) is 2.85. The van der Waals surface area contributed by atoms with Gasteiger partial charge in [-0.3, -0.25) is 4.79 Å². The number of carboxylic acid groups (broad SMARTS) is 1. The van der Waals surface area contributed by atoms with Crippen LogP contribution in [0.25, 0.3) is 0 Å². The zero-order chi connectivity index (χ0) is 13.6. The summed E-state index contributed by atoms with van der Waals surface area (Å²) in [6.07, 6.45) is 1.55. The standard InChI is InChI=1S/C11H23NO4S/c1-5-9(6-2)7-17(15,16)12-10(8(3)4)11(13)14/h8-10,12H,5-7H2,1-4H3,(H,13,14). The summed E-state index contributed by atoms with van der Waals surface area (Å²) in [4.78, 5) is 10.9. The molecule has 0 fully saturated rings. The summed E-state index contributed by atoms with van der Waals surface area (Å²) in [5.74, 6) is -1.33. The lowest BCUT2D eigenvalue weighted by molar-refractivity contribution is -0.140. The van der Waals surface area contributed by atoms with Gasteiger partial charge in [-0.2, -0.15) is 0 Å². The lowest BCUT2D eigenvalue weighted by atomic mass is 10.1. The first-order valence-electron chi connectivity index (χ1n) is 5.96. The molecule has 0 spiro atoms. The van der Waals surface area contributed by atoms with E-state index in [1.807, 2.05) is 13.8 Å². The molecule has 0 bridgehead atoms. The monoisotopic (exact) mass is 265 g/mol. The minimum absolute atomic E-state index is 0.00347. The molecule has 0 saturated carbocycles. The van der Waals surface area contributed by atoms with Gasteiger partial charge in [-0.05, 0) is 11.8 Å². The van der Waals surface area contributed by atoms with E-state index in [1.165, 1.54) is 0 Å². The molecule has 0 rings (SSSR count). The van der Waals surface area contributed by atoms with Crippen LogP contribution < -0.4 is 4.72 Å². The first-order chi connectivity index (χ1) is 7.73. The summed E-state index contributed by atoms with van der Waals surface area (Å²) >= 11 is 0. The molecule has 0 heterocycles. The largest absolute Gasteiger partial charge is 0.480 e. The average Bonchev–Trinajstić information content (AvgIpc) is 2.22. The van der Waals surface area contributed by atoms with E-state index in [9.17, 15) is 13.2 Å². The van der Waals surface area contributed by atoms with Gasteiger partial charge in [-0.25, -0.2) is 13.1 Å². The van der Waals surface area contributed by atoms with E-state index in [-0.39, 0.29) is 17.6 Å². The first-order valence-corrected chi connectivity index (χ1v) is 7.61. The third-order valence-corrected chi connectivity index (χ3v) is 4.37. The molecule has 0 aromatic rings. The lowest BCUT2D eigenvalue weighted by Gasteiger charge is -2.20. The van der Waals surface area contributed by atoms with Crippen molar-refractivity contribution in [1.29, 1.82) is 0 Å². The van der Waals surface area contributed by atoms with Gasteiger partial charge in [-0.15, -0.1) is 0 Å². The SMILES string of the molecule is CCC(CC)CS(=O)(=O)NC(C(=O)O)C(C)C. The van der Waals surface area contributed by atoms with Crippen molar-refractivity contribution >= 4 is 16.0 Å². The molecular formula is C11H23NO4S. The summed E-state index contributed by atoms with van der Waals surface area (Å²) < 4.78 is 25.9. The first kappa shape index (κ1) is 16.4. The maximum absolute atomic E-state index is 11.8. The van der Waals surface area contributed by atoms with Crippen LogP contribution in [0.15, 0.2) is 0 Å². The second-order valence-corrected chi connectivity index (χ2v) is 6.44. The zero-order valence-corrected chi connectivity index (χ0v) is 11.8. The number of rotatable bonds is 8. The molecule has 0 aliphatic carbocycles. The lowest BCUT2D eigenvalue weighted by Crippen LogP contribution is -2.45. The van der Waals surface area contributed by atoms with Crippen LogP contribution in [0.1, 0.15) is 40.5 Å². The predicted molar refractivity (Wildman–Crippen MR) is 67.3 cm³/mol. The van der Waals surface area contributed by atoms with Crippen molar-refractivity contribution in [3.05, 3.63) is 0 Å². The molecule has 17 heavy (non-hydrogen) atoms. The molecule has 0 amide bonds. The number of nitrogens with one attached hydrogen (secondary N) is 1. The van der Waals surface area contributed by atoms with Gasteiger partial charge in [0.1, 0.15) is 6.04 Å². The normalized spacial score (nSPS) is 14.2. The molecule has 5 nitrogen and oxygen atoms in total. The fraction of sp³-hybridized carbons (Fsp3) is 0.909. The van der Waals surface area contributed by atoms with E-state index in [0.29, 0.717) is 0 Å². The number of carboxylic acids is 1. The number of aliphatic carboxylic acids is 1. The van der Waals surface area contributed by atoms with E-state index in [4.69, 9.17) is 5.11 Å². The van der Waals surface area contributed by atoms with Crippen molar-refractivity contribution in [2.24, 2.45) is 11.8 Å². The van der Waals surface area contributed by atoms with Crippen LogP contribution in [-0.4, -0.2) is 31.3 Å². The van der Waals surface area contributed by atoms with Gasteiger partial charge >= 0.3 is 5.97 Å². The van der Waals surface area contributed by atoms with Crippen LogP contribution >= 0.6 is 0 Å². The Kier molecular flexibility index (Phi) is 6.70. The summed E-state index contributed by atoms with van der Waals surface area (Å²) in [5.41, 5.74) is 0. The van der Waals surface area contributed by atoms with Gasteiger partial charge in [0.05, 0.1) is 5.75 Å². The van der Waals surface area contributed by atoms with E-state index in [2.05, 4.69) is 4.72 Å². The van der Waals surface area contributed by atoms with Crippen molar-refractivity contribution in [2.75, 3.05) is 5.75 Å². The minimum atomic E-state index is -3.53. The summed E-state index contributed by atoms with van der Waals surface area (Å²) in [6.45, 7) is 7.22. The van der Waals surface area contributed by atoms with Crippen LogP contribution in [0.3, 0.4) is 0 Å². The van der Waals surface area contributed by atoms with Crippen molar-refractivity contribution in [2.45, 2.75) is 46.6 Å². The molecule has 0 saturated heterocycles. The number of carbonyl (C=O) groups is 1. The predicted octanol–water partition coefficient (Wildman–Crippen LogP) is 1.45. The Bertz CT molecular complexity index is 333. The highest BCUT2D eigenvalue weighted by atomic mass is 32.2. The van der Waals surface area contributed by atoms with Crippen molar-refractivity contribution < 1.29 is 18.3 Å². The average molecular weight is 265 g/mol. The number of hydrogen-bond acceptors (Lipinski definition) is 3. The summed E-state index contributed by atoms with van der Waals surface area (Å²) in [6, 6.07) is -1.05. The molecule has 0 aromatic heterocycles. The summed E-state index contributed by atoms with van der Waals surface area (Å²) in [7, 11) is -3.53. The van der Waals surface area contributed by atoms with Crippen molar-refractivity contribution in [3.63, 3.8) is 0 Å². The second-order valence-electron chi connectivity index (χ2n) is 4.64. The molecule has 0 aliphatic rings. The Balaban J connectivity index is 4.67. The Labute approximate surface area is 104 Å². The van der Waals surface area contributed by atoms with Gasteiger partial charge in [0.25, 0.3) is 0 Å². The molecule has 0 aromatic carbocycles. The van der Waals surface area contributed by atoms with Crippen LogP contribution in [-0.2, 0) is 14.8 Å². The highest BCUT2D eigenvalue weighted by Gasteiger charge is 2.27. The van der Waals surface area contributed by atoms with Gasteiger partial charge in [0, 0.05) is 0 Å². The number of sulfonamides is 1. The van der Waals surface area contributed by atoms with Crippen molar-refractivity contribution in [3.8, 4) is 0 Å². The highest BCUT2D eigenvalue weighted by Crippen LogP contribution is 2.12. The molecule has 2 N–H and O–H groups in total. The topological polar surface area (TPSA) is 83.5 Å². The molecule has 0 aliphatic heterocycles. The van der Waals surface area contributed by atoms with E-state index in [1.54, 1.807) is 13.8 Å². The van der Waals surface area contributed by atoms with Crippen LogP contribution in [0.4, 0.5) is 0 Å². The van der Waals surface area contributed by atoms with E-state index in [0.717, 1.165) is 12.8 Å². The Hall–Kier alpha value is -0.620. The quantitative estimate of drug-likeness (QED) is 0.696. The van der Waals surface area contributed by atoms with Crippen LogP contribution in [0, 0.1) is 11.8 Å². The zero-order valence-electron chi connectivity index (χ0n) is 10.9. The summed E-state index contributed by atoms with van der Waals surface area (Å²) in [5, 5.41) is 8.93. The molecular weight excluding hydrogens is 242 g/mol. The fourth-order valence-corrected chi connectivity index (χ4v) is 3.50. The van der Waals surface area contributed by atoms with Gasteiger partial charge in [-0.1, -0.05) is 40.5 Å². The minimum Gasteiger partial charge on any atom is -0.480 e. The number of hydrogen-bond donors (Lipinski definition) is 2. The van der Waals surface area contributed by atoms with E-state index >= 15 is 0 Å². The highest BCUT2D eigenvalue weighted by molar-refractivity contribution is 7.89. The smallest absolute Gasteiger partial charge is 0.321 e. The Morgan fingerprint density at radius 3 is 2.00 bits per heavy atom. The Morgan fingerprint density at radius 2 is 1.71 bits per heavy atom. The van der Waals surface area contributed by atoms with E-state index < -0.39 is 22.0 Å². The maximum atomic E-state index is 11.8. The van der Waals surface area contributed by atoms with Crippen molar-refractivity contribution in [1.82, 2.24) is 4.72 Å². The molecule has 1 atom stereocenters.